The molecule has 0 spiro atoms. The molecule has 2 aromatic rings. The van der Waals surface area contributed by atoms with Gasteiger partial charge in [-0.3, -0.25) is 15.0 Å². The van der Waals surface area contributed by atoms with Gasteiger partial charge in [0, 0.05) is 16.1 Å². The fourth-order valence-corrected chi connectivity index (χ4v) is 2.59. The molecule has 140 valence electrons. The van der Waals surface area contributed by atoms with E-state index in [9.17, 15) is 9.59 Å². The van der Waals surface area contributed by atoms with Gasteiger partial charge >= 0.3 is 6.03 Å². The van der Waals surface area contributed by atoms with Crippen molar-refractivity contribution in [3.05, 3.63) is 46.6 Å². The van der Waals surface area contributed by atoms with Crippen LogP contribution in [0.15, 0.2) is 45.3 Å². The molecule has 0 aliphatic rings. The van der Waals surface area contributed by atoms with Crippen molar-refractivity contribution >= 4 is 27.9 Å². The highest BCUT2D eigenvalue weighted by molar-refractivity contribution is 9.10. The number of nitrogens with zero attached hydrogens (tertiary/aromatic N) is 1. The molecule has 0 bridgehead atoms. The number of imide groups is 1. The summed E-state index contributed by atoms with van der Waals surface area (Å²) in [4.78, 5) is 25.4. The van der Waals surface area contributed by atoms with E-state index in [1.54, 1.807) is 11.9 Å². The number of carbonyl (C=O) groups excluding carboxylic acids is 2. The standard InChI is InChI=1S/C19H24BrN3O3/c1-4-13(2)21-19(25)22-18(24)12-23(3)11-16-9-10-17(26-16)14-5-7-15(20)8-6-14/h5-10,13H,4,11-12H2,1-3H3,(H2,21,22,24,25)/t13-/m1/s1. The quantitative estimate of drug-likeness (QED) is 0.713. The monoisotopic (exact) mass is 421 g/mol. The number of amides is 3. The zero-order valence-electron chi connectivity index (χ0n) is 15.2. The van der Waals surface area contributed by atoms with E-state index in [1.807, 2.05) is 50.2 Å². The third kappa shape index (κ3) is 6.31. The van der Waals surface area contributed by atoms with E-state index in [2.05, 4.69) is 26.6 Å². The van der Waals surface area contributed by atoms with Gasteiger partial charge in [-0.2, -0.15) is 0 Å². The molecular weight excluding hydrogens is 398 g/mol. The van der Waals surface area contributed by atoms with E-state index in [0.717, 1.165) is 28.0 Å². The Bertz CT molecular complexity index is 743. The number of rotatable bonds is 7. The van der Waals surface area contributed by atoms with Crippen LogP contribution in [0.2, 0.25) is 0 Å². The first-order chi connectivity index (χ1) is 12.4. The molecule has 0 aliphatic heterocycles. The molecule has 7 heteroatoms. The van der Waals surface area contributed by atoms with Gasteiger partial charge in [0.2, 0.25) is 5.91 Å². The van der Waals surface area contributed by atoms with Crippen LogP contribution in [-0.4, -0.2) is 36.5 Å². The van der Waals surface area contributed by atoms with Crippen molar-refractivity contribution in [2.45, 2.75) is 32.9 Å². The molecule has 2 N–H and O–H groups in total. The second-order valence-corrected chi connectivity index (χ2v) is 7.19. The van der Waals surface area contributed by atoms with Crippen LogP contribution in [0, 0.1) is 0 Å². The number of likely N-dealkylation sites (N-methyl/N-ethyl adjacent to an activating group) is 1. The van der Waals surface area contributed by atoms with Gasteiger partial charge in [0.15, 0.2) is 0 Å². The number of halogens is 1. The van der Waals surface area contributed by atoms with Gasteiger partial charge in [0.05, 0.1) is 13.1 Å². The minimum absolute atomic E-state index is 0.0284. The summed E-state index contributed by atoms with van der Waals surface area (Å²) in [6.07, 6.45) is 0.806. The van der Waals surface area contributed by atoms with Crippen LogP contribution in [0.1, 0.15) is 26.0 Å². The van der Waals surface area contributed by atoms with Crippen molar-refractivity contribution in [3.8, 4) is 11.3 Å². The Morgan fingerprint density at radius 1 is 1.19 bits per heavy atom. The molecule has 0 aliphatic carbocycles. The van der Waals surface area contributed by atoms with Crippen LogP contribution in [0.3, 0.4) is 0 Å². The lowest BCUT2D eigenvalue weighted by molar-refractivity contribution is -0.121. The molecule has 1 atom stereocenters. The molecule has 1 aromatic heterocycles. The van der Waals surface area contributed by atoms with Gasteiger partial charge in [-0.15, -0.1) is 0 Å². The fourth-order valence-electron chi connectivity index (χ4n) is 2.33. The van der Waals surface area contributed by atoms with Gasteiger partial charge in [-0.05, 0) is 44.7 Å². The normalized spacial score (nSPS) is 12.0. The molecule has 2 rings (SSSR count). The lowest BCUT2D eigenvalue weighted by Gasteiger charge is -2.16. The molecule has 1 heterocycles. The zero-order valence-corrected chi connectivity index (χ0v) is 16.8. The van der Waals surface area contributed by atoms with Crippen LogP contribution >= 0.6 is 15.9 Å². The van der Waals surface area contributed by atoms with E-state index < -0.39 is 6.03 Å². The number of hydrogen-bond acceptors (Lipinski definition) is 4. The smallest absolute Gasteiger partial charge is 0.321 e. The maximum Gasteiger partial charge on any atom is 0.321 e. The molecule has 6 nitrogen and oxygen atoms in total. The number of hydrogen-bond donors (Lipinski definition) is 2. The second kappa shape index (κ2) is 9.54. The summed E-state index contributed by atoms with van der Waals surface area (Å²) in [7, 11) is 1.80. The summed E-state index contributed by atoms with van der Waals surface area (Å²) in [6, 6.07) is 11.2. The third-order valence-electron chi connectivity index (χ3n) is 3.87. The van der Waals surface area contributed by atoms with Crippen molar-refractivity contribution in [1.82, 2.24) is 15.5 Å². The maximum absolute atomic E-state index is 11.9. The number of furan rings is 1. The second-order valence-electron chi connectivity index (χ2n) is 6.28. The summed E-state index contributed by atoms with van der Waals surface area (Å²) in [5.74, 6) is 1.17. The molecule has 0 saturated heterocycles. The Kier molecular flexibility index (Phi) is 7.41. The van der Waals surface area contributed by atoms with Crippen LogP contribution in [0.25, 0.3) is 11.3 Å². The van der Waals surface area contributed by atoms with Crippen molar-refractivity contribution in [2.24, 2.45) is 0 Å². The first kappa shape index (κ1) is 20.2. The number of benzene rings is 1. The molecule has 1 aromatic carbocycles. The summed E-state index contributed by atoms with van der Waals surface area (Å²) >= 11 is 3.41. The summed E-state index contributed by atoms with van der Waals surface area (Å²) in [5, 5.41) is 5.03. The van der Waals surface area contributed by atoms with Crippen molar-refractivity contribution in [1.29, 1.82) is 0 Å². The lowest BCUT2D eigenvalue weighted by Crippen LogP contribution is -2.46. The van der Waals surface area contributed by atoms with E-state index in [0.29, 0.717) is 6.54 Å². The average Bonchev–Trinajstić information content (AvgIpc) is 3.03. The molecule has 0 saturated carbocycles. The molecule has 3 amide bonds. The fraction of sp³-hybridized carbons (Fsp3) is 0.368. The zero-order chi connectivity index (χ0) is 19.1. The van der Waals surface area contributed by atoms with Crippen LogP contribution in [-0.2, 0) is 11.3 Å². The van der Waals surface area contributed by atoms with Crippen LogP contribution < -0.4 is 10.6 Å². The molecule has 0 radical (unpaired) electrons. The summed E-state index contributed by atoms with van der Waals surface area (Å²) in [6.45, 7) is 4.42. The van der Waals surface area contributed by atoms with Crippen LogP contribution in [0.5, 0.6) is 0 Å². The Hall–Kier alpha value is -2.12. The molecular formula is C19H24BrN3O3. The largest absolute Gasteiger partial charge is 0.460 e. The van der Waals surface area contributed by atoms with E-state index in [1.165, 1.54) is 0 Å². The minimum atomic E-state index is -0.465. The van der Waals surface area contributed by atoms with E-state index >= 15 is 0 Å². The van der Waals surface area contributed by atoms with E-state index in [-0.39, 0.29) is 18.5 Å². The highest BCUT2D eigenvalue weighted by Crippen LogP contribution is 2.24. The van der Waals surface area contributed by atoms with Crippen molar-refractivity contribution in [2.75, 3.05) is 13.6 Å². The minimum Gasteiger partial charge on any atom is -0.460 e. The third-order valence-corrected chi connectivity index (χ3v) is 4.40. The predicted octanol–water partition coefficient (Wildman–Crippen LogP) is 3.77. The Balaban J connectivity index is 1.84. The molecule has 0 unspecified atom stereocenters. The molecule has 0 fully saturated rings. The van der Waals surface area contributed by atoms with Crippen molar-refractivity contribution in [3.63, 3.8) is 0 Å². The van der Waals surface area contributed by atoms with Crippen molar-refractivity contribution < 1.29 is 14.0 Å². The van der Waals surface area contributed by atoms with Gasteiger partial charge < -0.3 is 9.73 Å². The Labute approximate surface area is 162 Å². The topological polar surface area (TPSA) is 74.6 Å². The van der Waals surface area contributed by atoms with E-state index in [4.69, 9.17) is 4.42 Å². The lowest BCUT2D eigenvalue weighted by atomic mass is 10.2. The first-order valence-electron chi connectivity index (χ1n) is 8.51. The predicted molar refractivity (Wildman–Crippen MR) is 105 cm³/mol. The number of urea groups is 1. The maximum atomic E-state index is 11.9. The highest BCUT2D eigenvalue weighted by atomic mass is 79.9. The highest BCUT2D eigenvalue weighted by Gasteiger charge is 2.13. The number of carbonyl (C=O) groups is 2. The van der Waals surface area contributed by atoms with Gasteiger partial charge in [0.1, 0.15) is 11.5 Å². The average molecular weight is 422 g/mol. The number of nitrogens with one attached hydrogen (secondary N) is 2. The van der Waals surface area contributed by atoms with Gasteiger partial charge in [0.25, 0.3) is 0 Å². The van der Waals surface area contributed by atoms with Gasteiger partial charge in [-0.1, -0.05) is 35.0 Å². The molecule has 26 heavy (non-hydrogen) atoms. The summed E-state index contributed by atoms with van der Waals surface area (Å²) in [5.41, 5.74) is 0.988. The first-order valence-corrected chi connectivity index (χ1v) is 9.30. The Morgan fingerprint density at radius 3 is 2.54 bits per heavy atom. The van der Waals surface area contributed by atoms with Crippen LogP contribution in [0.4, 0.5) is 4.79 Å². The van der Waals surface area contributed by atoms with Gasteiger partial charge in [-0.25, -0.2) is 4.79 Å². The SMILES string of the molecule is CC[C@@H](C)NC(=O)NC(=O)CN(C)Cc1ccc(-c2ccc(Br)cc2)o1. The summed E-state index contributed by atoms with van der Waals surface area (Å²) < 4.78 is 6.85. The Morgan fingerprint density at radius 2 is 1.88 bits per heavy atom.